The number of thiazole rings is 1. The Morgan fingerprint density at radius 1 is 1.56 bits per heavy atom. The fraction of sp³-hybridized carbons (Fsp3) is 0.100. The highest BCUT2D eigenvalue weighted by Crippen LogP contribution is 2.28. The number of hydrogen-bond acceptors (Lipinski definition) is 4. The Morgan fingerprint density at radius 3 is 3.12 bits per heavy atom. The SMILES string of the molecule is O=[N+]([O-])C1=C2C=c3sc(=S)[nH]c3=C2CC=C1. The molecule has 0 aliphatic heterocycles. The van der Waals surface area contributed by atoms with Crippen LogP contribution >= 0.6 is 23.6 Å². The van der Waals surface area contributed by atoms with Crippen molar-refractivity contribution in [1.29, 1.82) is 0 Å². The summed E-state index contributed by atoms with van der Waals surface area (Å²) in [5.74, 6) is 0. The van der Waals surface area contributed by atoms with Gasteiger partial charge in [-0.25, -0.2) is 0 Å². The van der Waals surface area contributed by atoms with Crippen molar-refractivity contribution in [1.82, 2.24) is 4.98 Å². The number of H-pyrrole nitrogens is 1. The Balaban J connectivity index is 2.41. The molecule has 0 saturated heterocycles. The molecule has 1 aromatic heterocycles. The third kappa shape index (κ3) is 1.23. The van der Waals surface area contributed by atoms with Crippen molar-refractivity contribution in [2.75, 3.05) is 0 Å². The smallest absolute Gasteiger partial charge is 0.276 e. The van der Waals surface area contributed by atoms with E-state index in [2.05, 4.69) is 4.98 Å². The van der Waals surface area contributed by atoms with Gasteiger partial charge >= 0.3 is 0 Å². The fourth-order valence-electron chi connectivity index (χ4n) is 2.00. The Kier molecular flexibility index (Phi) is 1.95. The van der Waals surface area contributed by atoms with E-state index in [0.717, 1.165) is 27.4 Å². The molecule has 2 aliphatic rings. The van der Waals surface area contributed by atoms with Gasteiger partial charge in [0, 0.05) is 6.08 Å². The summed E-state index contributed by atoms with van der Waals surface area (Å²) in [6.07, 6.45) is 5.95. The van der Waals surface area contributed by atoms with E-state index in [9.17, 15) is 10.1 Å². The van der Waals surface area contributed by atoms with E-state index in [0.29, 0.717) is 3.95 Å². The third-order valence-electron chi connectivity index (χ3n) is 2.65. The van der Waals surface area contributed by atoms with Crippen molar-refractivity contribution in [2.45, 2.75) is 6.42 Å². The highest BCUT2D eigenvalue weighted by Gasteiger charge is 2.24. The summed E-state index contributed by atoms with van der Waals surface area (Å²) in [6.45, 7) is 0. The van der Waals surface area contributed by atoms with Crippen LogP contribution in [0, 0.1) is 14.1 Å². The lowest BCUT2D eigenvalue weighted by Crippen LogP contribution is -2.19. The molecule has 1 heterocycles. The molecule has 2 aliphatic carbocycles. The van der Waals surface area contributed by atoms with E-state index in [1.165, 1.54) is 11.3 Å². The molecule has 3 rings (SSSR count). The van der Waals surface area contributed by atoms with Crippen LogP contribution in [0.2, 0.25) is 0 Å². The lowest BCUT2D eigenvalue weighted by atomic mass is 9.99. The standard InChI is InChI=1S/C10H6N2O2S2/c13-12(14)7-3-1-2-5-6(7)4-8-9(5)11-10(15)16-8/h1,3-4H,2H2,(H,11,15). The molecule has 0 unspecified atom stereocenters. The maximum atomic E-state index is 10.9. The van der Waals surface area contributed by atoms with E-state index in [4.69, 9.17) is 12.2 Å². The number of nitro groups is 1. The van der Waals surface area contributed by atoms with Gasteiger partial charge in [0.25, 0.3) is 5.70 Å². The molecule has 80 valence electrons. The molecular formula is C10H6N2O2S2. The van der Waals surface area contributed by atoms with E-state index in [1.807, 2.05) is 12.2 Å². The van der Waals surface area contributed by atoms with Crippen molar-refractivity contribution in [2.24, 2.45) is 0 Å². The van der Waals surface area contributed by atoms with Gasteiger partial charge in [-0.05, 0) is 30.3 Å². The molecule has 0 amide bonds. The van der Waals surface area contributed by atoms with E-state index < -0.39 is 0 Å². The quantitative estimate of drug-likeness (QED) is 0.463. The minimum absolute atomic E-state index is 0.170. The van der Waals surface area contributed by atoms with Crippen molar-refractivity contribution in [3.8, 4) is 0 Å². The van der Waals surface area contributed by atoms with Crippen molar-refractivity contribution in [3.05, 3.63) is 47.4 Å². The molecule has 4 nitrogen and oxygen atoms in total. The average Bonchev–Trinajstić information content (AvgIpc) is 2.72. The van der Waals surface area contributed by atoms with Gasteiger partial charge in [-0.2, -0.15) is 0 Å². The van der Waals surface area contributed by atoms with Gasteiger partial charge in [-0.15, -0.1) is 11.3 Å². The minimum atomic E-state index is -0.341. The molecule has 0 fully saturated rings. The Bertz CT molecular complexity index is 734. The minimum Gasteiger partial charge on any atom is -0.337 e. The first-order valence-corrected chi connectivity index (χ1v) is 5.89. The number of nitrogens with one attached hydrogen (secondary N) is 1. The maximum Gasteiger partial charge on any atom is 0.276 e. The molecule has 0 atom stereocenters. The van der Waals surface area contributed by atoms with Gasteiger partial charge in [0.15, 0.2) is 3.95 Å². The summed E-state index contributed by atoms with van der Waals surface area (Å²) in [5, 5.41) is 11.8. The molecule has 1 aromatic rings. The summed E-state index contributed by atoms with van der Waals surface area (Å²) in [5.41, 5.74) is 1.88. The molecule has 6 heteroatoms. The Morgan fingerprint density at radius 2 is 2.38 bits per heavy atom. The lowest BCUT2D eigenvalue weighted by molar-refractivity contribution is -0.419. The summed E-state index contributed by atoms with van der Waals surface area (Å²) in [6, 6.07) is 0. The summed E-state index contributed by atoms with van der Waals surface area (Å²) >= 11 is 6.51. The first kappa shape index (κ1) is 9.68. The second-order valence-electron chi connectivity index (χ2n) is 3.54. The fourth-order valence-corrected chi connectivity index (χ4v) is 3.17. The number of fused-ring (bicyclic) bond motifs is 2. The predicted molar refractivity (Wildman–Crippen MR) is 64.4 cm³/mol. The first-order chi connectivity index (χ1) is 7.66. The van der Waals surface area contributed by atoms with Crippen molar-refractivity contribution < 1.29 is 4.92 Å². The summed E-state index contributed by atoms with van der Waals surface area (Å²) in [4.78, 5) is 13.6. The number of rotatable bonds is 1. The van der Waals surface area contributed by atoms with E-state index in [-0.39, 0.29) is 10.6 Å². The molecule has 0 spiro atoms. The van der Waals surface area contributed by atoms with Crippen LogP contribution in [-0.4, -0.2) is 9.91 Å². The molecule has 1 N–H and O–H groups in total. The number of hydrogen-bond donors (Lipinski definition) is 1. The van der Waals surface area contributed by atoms with Gasteiger partial charge in [0.05, 0.1) is 20.4 Å². The van der Waals surface area contributed by atoms with Gasteiger partial charge in [-0.3, -0.25) is 10.1 Å². The van der Waals surface area contributed by atoms with Gasteiger partial charge < -0.3 is 4.98 Å². The van der Waals surface area contributed by atoms with Crippen LogP contribution in [0.5, 0.6) is 0 Å². The van der Waals surface area contributed by atoms with Crippen LogP contribution in [0.25, 0.3) is 11.6 Å². The first-order valence-electron chi connectivity index (χ1n) is 4.66. The molecule has 0 bridgehead atoms. The zero-order valence-corrected chi connectivity index (χ0v) is 9.65. The van der Waals surface area contributed by atoms with E-state index in [1.54, 1.807) is 6.08 Å². The monoisotopic (exact) mass is 250 g/mol. The summed E-state index contributed by atoms with van der Waals surface area (Å²) in [7, 11) is 0. The van der Waals surface area contributed by atoms with Crippen LogP contribution < -0.4 is 9.88 Å². The van der Waals surface area contributed by atoms with E-state index >= 15 is 0 Å². The van der Waals surface area contributed by atoms with Gasteiger partial charge in [0.2, 0.25) is 0 Å². The molecule has 16 heavy (non-hydrogen) atoms. The maximum absolute atomic E-state index is 10.9. The third-order valence-corrected chi connectivity index (χ3v) is 3.83. The van der Waals surface area contributed by atoms with Crippen LogP contribution in [0.1, 0.15) is 6.42 Å². The van der Waals surface area contributed by atoms with Gasteiger partial charge in [0.1, 0.15) is 0 Å². The number of aromatic nitrogens is 1. The zero-order chi connectivity index (χ0) is 11.3. The molecule has 0 saturated carbocycles. The number of aromatic amines is 1. The second-order valence-corrected chi connectivity index (χ2v) is 5.26. The van der Waals surface area contributed by atoms with Crippen LogP contribution in [-0.2, 0) is 0 Å². The van der Waals surface area contributed by atoms with Crippen LogP contribution in [0.3, 0.4) is 0 Å². The largest absolute Gasteiger partial charge is 0.337 e. The number of nitrogens with zero attached hydrogens (tertiary/aromatic N) is 1. The molecule has 0 aromatic carbocycles. The highest BCUT2D eigenvalue weighted by atomic mass is 32.1. The zero-order valence-electron chi connectivity index (χ0n) is 8.02. The van der Waals surface area contributed by atoms with Crippen LogP contribution in [0.4, 0.5) is 0 Å². The number of allylic oxidation sites excluding steroid dienone is 3. The van der Waals surface area contributed by atoms with Crippen LogP contribution in [0.15, 0.2) is 23.4 Å². The summed E-state index contributed by atoms with van der Waals surface area (Å²) < 4.78 is 1.71. The second kappa shape index (κ2) is 3.23. The lowest BCUT2D eigenvalue weighted by Gasteiger charge is -2.06. The normalized spacial score (nSPS) is 17.1. The topological polar surface area (TPSA) is 58.9 Å². The van der Waals surface area contributed by atoms with Crippen molar-refractivity contribution in [3.63, 3.8) is 0 Å². The predicted octanol–water partition coefficient (Wildman–Crippen LogP) is 1.24. The van der Waals surface area contributed by atoms with Gasteiger partial charge in [-0.1, -0.05) is 6.08 Å². The van der Waals surface area contributed by atoms with Crippen molar-refractivity contribution >= 4 is 35.2 Å². The molecule has 0 radical (unpaired) electrons. The average molecular weight is 250 g/mol. The highest BCUT2D eigenvalue weighted by molar-refractivity contribution is 7.73. The Hall–Kier alpha value is -1.53. The Labute approximate surface area is 99.1 Å². The molecular weight excluding hydrogens is 244 g/mol.